The van der Waals surface area contributed by atoms with Crippen molar-refractivity contribution in [3.63, 3.8) is 0 Å². The molecule has 0 spiro atoms. The van der Waals surface area contributed by atoms with Crippen LogP contribution in [0.5, 0.6) is 0 Å². The standard InChI is InChI=1S/C24H30N6/c1-16(2)20-12-18(14-25)13-21-22(20)27-23(24-26-17(3)6-4-9-30(21)24)29-11-10-28-8-5-7-19(28)15-29/h4,9,12-13,16-17,19H,5-8,10-11,15H2,1-3H3. The van der Waals surface area contributed by atoms with Crippen molar-refractivity contribution in [2.45, 2.75) is 58.0 Å². The molecule has 4 aliphatic heterocycles. The minimum absolute atomic E-state index is 0.212. The van der Waals surface area contributed by atoms with Crippen molar-refractivity contribution in [1.82, 2.24) is 9.80 Å². The maximum absolute atomic E-state index is 9.62. The normalized spacial score (nSPS) is 25.8. The Hall–Kier alpha value is -2.65. The van der Waals surface area contributed by atoms with Crippen LogP contribution in [-0.2, 0) is 0 Å². The molecule has 0 amide bonds. The van der Waals surface area contributed by atoms with E-state index in [1.807, 2.05) is 12.1 Å². The molecule has 2 unspecified atom stereocenters. The lowest BCUT2D eigenvalue weighted by atomic mass is 9.96. The molecule has 1 aromatic rings. The van der Waals surface area contributed by atoms with E-state index >= 15 is 0 Å². The van der Waals surface area contributed by atoms with Gasteiger partial charge in [0.25, 0.3) is 0 Å². The summed E-state index contributed by atoms with van der Waals surface area (Å²) in [6, 6.07) is 7.15. The summed E-state index contributed by atoms with van der Waals surface area (Å²) in [6.07, 6.45) is 7.81. The van der Waals surface area contributed by atoms with E-state index in [-0.39, 0.29) is 12.0 Å². The molecule has 30 heavy (non-hydrogen) atoms. The van der Waals surface area contributed by atoms with Gasteiger partial charge in [0.15, 0.2) is 11.7 Å². The number of fused-ring (bicyclic) bond motifs is 4. The Morgan fingerprint density at radius 1 is 1.17 bits per heavy atom. The topological polar surface area (TPSA) is 58.2 Å². The smallest absolute Gasteiger partial charge is 0.176 e. The summed E-state index contributed by atoms with van der Waals surface area (Å²) in [4.78, 5) is 17.6. The fourth-order valence-electron chi connectivity index (χ4n) is 5.12. The molecule has 2 atom stereocenters. The van der Waals surface area contributed by atoms with Crippen molar-refractivity contribution in [2.75, 3.05) is 31.1 Å². The van der Waals surface area contributed by atoms with Crippen molar-refractivity contribution >= 4 is 23.0 Å². The highest BCUT2D eigenvalue weighted by Crippen LogP contribution is 2.42. The molecule has 6 heteroatoms. The zero-order chi connectivity index (χ0) is 20.8. The quantitative estimate of drug-likeness (QED) is 0.712. The number of piperazine rings is 1. The lowest BCUT2D eigenvalue weighted by Crippen LogP contribution is -2.56. The van der Waals surface area contributed by atoms with Gasteiger partial charge in [-0.25, -0.2) is 4.99 Å². The number of amidine groups is 2. The van der Waals surface area contributed by atoms with Gasteiger partial charge >= 0.3 is 0 Å². The average molecular weight is 403 g/mol. The van der Waals surface area contributed by atoms with Crippen LogP contribution in [0, 0.1) is 11.3 Å². The van der Waals surface area contributed by atoms with Crippen LogP contribution in [0.4, 0.5) is 11.4 Å². The predicted octanol–water partition coefficient (Wildman–Crippen LogP) is 4.02. The van der Waals surface area contributed by atoms with Crippen LogP contribution in [0.2, 0.25) is 0 Å². The summed E-state index contributed by atoms with van der Waals surface area (Å²) in [5, 5.41) is 9.62. The van der Waals surface area contributed by atoms with Gasteiger partial charge in [0.05, 0.1) is 29.0 Å². The lowest BCUT2D eigenvalue weighted by molar-refractivity contribution is 0.153. The predicted molar refractivity (Wildman–Crippen MR) is 122 cm³/mol. The number of hydrogen-bond acceptors (Lipinski definition) is 6. The van der Waals surface area contributed by atoms with Crippen molar-refractivity contribution in [3.8, 4) is 6.07 Å². The molecular formula is C24H30N6. The Labute approximate surface area is 179 Å². The molecule has 156 valence electrons. The minimum atomic E-state index is 0.212. The number of hydrogen-bond donors (Lipinski definition) is 0. The summed E-state index contributed by atoms with van der Waals surface area (Å²) in [7, 11) is 0. The molecule has 0 aliphatic carbocycles. The van der Waals surface area contributed by atoms with E-state index < -0.39 is 0 Å². The molecule has 0 radical (unpaired) electrons. The first kappa shape index (κ1) is 19.3. The Bertz CT molecular complexity index is 982. The van der Waals surface area contributed by atoms with E-state index in [4.69, 9.17) is 9.98 Å². The highest BCUT2D eigenvalue weighted by molar-refractivity contribution is 6.47. The van der Waals surface area contributed by atoms with Gasteiger partial charge in [0, 0.05) is 31.9 Å². The first-order valence-corrected chi connectivity index (χ1v) is 11.2. The van der Waals surface area contributed by atoms with Crippen LogP contribution in [0.15, 0.2) is 34.4 Å². The Morgan fingerprint density at radius 3 is 2.83 bits per heavy atom. The molecule has 0 N–H and O–H groups in total. The number of aliphatic imine (C=N–C) groups is 2. The minimum Gasteiger partial charge on any atom is -0.351 e. The summed E-state index contributed by atoms with van der Waals surface area (Å²) < 4.78 is 0. The second kappa shape index (κ2) is 7.55. The van der Waals surface area contributed by atoms with Crippen molar-refractivity contribution < 1.29 is 0 Å². The molecule has 6 nitrogen and oxygen atoms in total. The van der Waals surface area contributed by atoms with Gasteiger partial charge in [-0.1, -0.05) is 19.9 Å². The molecule has 5 rings (SSSR count). The third-order valence-corrected chi connectivity index (χ3v) is 6.74. The molecule has 2 saturated heterocycles. The molecule has 4 heterocycles. The van der Waals surface area contributed by atoms with Crippen molar-refractivity contribution in [2.24, 2.45) is 9.98 Å². The van der Waals surface area contributed by atoms with E-state index in [9.17, 15) is 5.26 Å². The van der Waals surface area contributed by atoms with Gasteiger partial charge in [-0.15, -0.1) is 0 Å². The summed E-state index contributed by atoms with van der Waals surface area (Å²) in [5.74, 6) is 2.22. The molecule has 4 aliphatic rings. The fraction of sp³-hybridized carbons (Fsp3) is 0.542. The molecule has 0 bridgehead atoms. The van der Waals surface area contributed by atoms with Crippen LogP contribution in [0.1, 0.15) is 57.1 Å². The zero-order valence-electron chi connectivity index (χ0n) is 18.2. The largest absolute Gasteiger partial charge is 0.351 e. The molecule has 0 saturated carbocycles. The highest BCUT2D eigenvalue weighted by atomic mass is 15.4. The Morgan fingerprint density at radius 2 is 2.03 bits per heavy atom. The second-order valence-electron chi connectivity index (χ2n) is 9.21. The van der Waals surface area contributed by atoms with Gasteiger partial charge < -0.3 is 4.90 Å². The average Bonchev–Trinajstić information content (AvgIpc) is 3.12. The monoisotopic (exact) mass is 402 g/mol. The van der Waals surface area contributed by atoms with Gasteiger partial charge in [-0.05, 0) is 56.3 Å². The van der Waals surface area contributed by atoms with E-state index in [1.54, 1.807) is 0 Å². The zero-order valence-corrected chi connectivity index (χ0v) is 18.2. The van der Waals surface area contributed by atoms with Crippen LogP contribution in [-0.4, -0.2) is 59.7 Å². The molecule has 1 aromatic carbocycles. The molecule has 2 fully saturated rings. The second-order valence-corrected chi connectivity index (χ2v) is 9.21. The Balaban J connectivity index is 1.66. The van der Waals surface area contributed by atoms with Crippen LogP contribution < -0.4 is 4.90 Å². The van der Waals surface area contributed by atoms with Crippen molar-refractivity contribution in [1.29, 1.82) is 5.26 Å². The van der Waals surface area contributed by atoms with Crippen molar-refractivity contribution in [3.05, 3.63) is 35.5 Å². The number of anilines is 1. The van der Waals surface area contributed by atoms with E-state index in [0.717, 1.165) is 54.7 Å². The third kappa shape index (κ3) is 3.22. The molecular weight excluding hydrogens is 372 g/mol. The molecule has 0 aromatic heterocycles. The summed E-state index contributed by atoms with van der Waals surface area (Å²) >= 11 is 0. The first-order chi connectivity index (χ1) is 14.5. The SMILES string of the molecule is CC1CC=CN2C(=N1)C(N1CCN3CCCC3C1)=Nc1c(C(C)C)cc(C#N)cc12. The summed E-state index contributed by atoms with van der Waals surface area (Å²) in [5.41, 5.74) is 3.78. The number of nitrogens with zero attached hydrogens (tertiary/aromatic N) is 6. The highest BCUT2D eigenvalue weighted by Gasteiger charge is 2.37. The van der Waals surface area contributed by atoms with Crippen LogP contribution in [0.3, 0.4) is 0 Å². The third-order valence-electron chi connectivity index (χ3n) is 6.74. The van der Waals surface area contributed by atoms with Gasteiger partial charge in [-0.3, -0.25) is 14.8 Å². The number of benzene rings is 1. The van der Waals surface area contributed by atoms with E-state index in [1.165, 1.54) is 19.4 Å². The van der Waals surface area contributed by atoms with Gasteiger partial charge in [-0.2, -0.15) is 5.26 Å². The number of rotatable bonds is 1. The van der Waals surface area contributed by atoms with E-state index in [0.29, 0.717) is 11.6 Å². The van der Waals surface area contributed by atoms with E-state index in [2.05, 4.69) is 53.8 Å². The van der Waals surface area contributed by atoms with Crippen LogP contribution in [0.25, 0.3) is 0 Å². The van der Waals surface area contributed by atoms with Crippen LogP contribution >= 0.6 is 0 Å². The summed E-state index contributed by atoms with van der Waals surface area (Å²) in [6.45, 7) is 10.8. The maximum Gasteiger partial charge on any atom is 0.176 e. The lowest BCUT2D eigenvalue weighted by Gasteiger charge is -2.42. The Kier molecular flexibility index (Phi) is 4.86. The van der Waals surface area contributed by atoms with Gasteiger partial charge in [0.1, 0.15) is 0 Å². The fourth-order valence-corrected chi connectivity index (χ4v) is 5.12. The number of nitriles is 1. The maximum atomic E-state index is 9.62. The van der Waals surface area contributed by atoms with Gasteiger partial charge in [0.2, 0.25) is 0 Å². The first-order valence-electron chi connectivity index (χ1n) is 11.2.